The molecule has 0 saturated heterocycles. The van der Waals surface area contributed by atoms with Gasteiger partial charge >= 0.3 is 0 Å². The molecule has 0 radical (unpaired) electrons. The van der Waals surface area contributed by atoms with Gasteiger partial charge in [-0.2, -0.15) is 0 Å². The molecular formula is C42H30N6. The Kier molecular flexibility index (Phi) is 5.96. The number of hydrogen-bond acceptors (Lipinski definition) is 3. The first-order chi connectivity index (χ1) is 23.7. The van der Waals surface area contributed by atoms with Crippen molar-refractivity contribution in [3.63, 3.8) is 0 Å². The molecule has 0 aliphatic carbocycles. The predicted octanol–water partition coefficient (Wildman–Crippen LogP) is 9.20. The van der Waals surface area contributed by atoms with Crippen molar-refractivity contribution in [3.8, 4) is 34.2 Å². The number of rotatable bonds is 0. The zero-order valence-electron chi connectivity index (χ0n) is 26.2. The maximum atomic E-state index is 5.12. The van der Waals surface area contributed by atoms with E-state index in [1.807, 2.05) is 0 Å². The standard InChI is InChI=1S/C42H30N6/c1-4-10-37-34(7-1)43-40-31-19-13-29(14-20-31)26-47-38-11-5-2-8-35(38)45-42(47)33-23-17-30(18-24-33)27-48-39-12-6-3-9-36(39)44-41(48)32-21-15-28(16-22-32)25-46(37)40/h1-24H,25-27H2. The van der Waals surface area contributed by atoms with Crippen molar-refractivity contribution in [1.29, 1.82) is 0 Å². The molecule has 7 heterocycles. The molecule has 0 spiro atoms. The van der Waals surface area contributed by atoms with Gasteiger partial charge in [-0.15, -0.1) is 0 Å². The minimum atomic E-state index is 0.713. The Labute approximate surface area is 277 Å². The second kappa shape index (κ2) is 10.6. The van der Waals surface area contributed by atoms with E-state index in [0.29, 0.717) is 19.6 Å². The van der Waals surface area contributed by atoms with Crippen LogP contribution in [-0.4, -0.2) is 28.7 Å². The molecule has 48 heavy (non-hydrogen) atoms. The van der Waals surface area contributed by atoms with Gasteiger partial charge in [-0.05, 0) is 53.1 Å². The Hall–Kier alpha value is -6.27. The topological polar surface area (TPSA) is 53.5 Å². The highest BCUT2D eigenvalue weighted by Crippen LogP contribution is 2.31. The molecule has 0 amide bonds. The van der Waals surface area contributed by atoms with Crippen LogP contribution in [0.25, 0.3) is 67.3 Å². The highest BCUT2D eigenvalue weighted by Gasteiger charge is 2.18. The van der Waals surface area contributed by atoms with Gasteiger partial charge in [0.2, 0.25) is 0 Å². The molecule has 6 bridgehead atoms. The van der Waals surface area contributed by atoms with E-state index >= 15 is 0 Å². The first-order valence-corrected chi connectivity index (χ1v) is 16.4. The van der Waals surface area contributed by atoms with Crippen molar-refractivity contribution < 1.29 is 0 Å². The van der Waals surface area contributed by atoms with Gasteiger partial charge in [0.05, 0.1) is 33.1 Å². The lowest BCUT2D eigenvalue weighted by Crippen LogP contribution is -2.04. The van der Waals surface area contributed by atoms with Gasteiger partial charge in [-0.25, -0.2) is 15.0 Å². The average molecular weight is 619 g/mol. The number of hydrogen-bond donors (Lipinski definition) is 0. The van der Waals surface area contributed by atoms with Crippen LogP contribution in [0.2, 0.25) is 0 Å². The molecule has 0 atom stereocenters. The molecule has 6 nitrogen and oxygen atoms in total. The second-order valence-electron chi connectivity index (χ2n) is 12.6. The van der Waals surface area contributed by atoms with Crippen molar-refractivity contribution in [3.05, 3.63) is 162 Å². The number of fused-ring (bicyclic) bond motifs is 6. The van der Waals surface area contributed by atoms with E-state index in [9.17, 15) is 0 Å². The predicted molar refractivity (Wildman–Crippen MR) is 193 cm³/mol. The summed E-state index contributed by atoms with van der Waals surface area (Å²) in [5, 5.41) is 0. The van der Waals surface area contributed by atoms with E-state index in [2.05, 4.69) is 159 Å². The molecule has 0 unspecified atom stereocenters. The first kappa shape index (κ1) is 26.9. The van der Waals surface area contributed by atoms with E-state index in [1.54, 1.807) is 0 Å². The molecule has 6 aromatic carbocycles. The third kappa shape index (κ3) is 4.37. The molecule has 6 heteroatoms. The summed E-state index contributed by atoms with van der Waals surface area (Å²) in [4.78, 5) is 15.4. The molecule has 228 valence electrons. The van der Waals surface area contributed by atoms with Gasteiger partial charge in [0, 0.05) is 36.3 Å². The zero-order chi connectivity index (χ0) is 31.6. The summed E-state index contributed by atoms with van der Waals surface area (Å²) in [6, 6.07) is 51.8. The van der Waals surface area contributed by atoms with E-state index < -0.39 is 0 Å². The highest BCUT2D eigenvalue weighted by molar-refractivity contribution is 5.83. The number of para-hydroxylation sites is 6. The third-order valence-corrected chi connectivity index (χ3v) is 9.62. The summed E-state index contributed by atoms with van der Waals surface area (Å²) >= 11 is 0. The molecule has 13 rings (SSSR count). The largest absolute Gasteiger partial charge is 0.319 e. The van der Waals surface area contributed by atoms with Gasteiger partial charge in [-0.3, -0.25) is 0 Å². The number of nitrogens with zero attached hydrogens (tertiary/aromatic N) is 6. The van der Waals surface area contributed by atoms with Gasteiger partial charge in [0.1, 0.15) is 17.5 Å². The minimum absolute atomic E-state index is 0.713. The van der Waals surface area contributed by atoms with Crippen molar-refractivity contribution in [2.24, 2.45) is 0 Å². The van der Waals surface area contributed by atoms with E-state index in [-0.39, 0.29) is 0 Å². The number of benzene rings is 6. The second-order valence-corrected chi connectivity index (χ2v) is 12.6. The summed E-state index contributed by atoms with van der Waals surface area (Å²) in [5.41, 5.74) is 13.3. The fraction of sp³-hybridized carbons (Fsp3) is 0.0714. The van der Waals surface area contributed by atoms with Crippen molar-refractivity contribution in [1.82, 2.24) is 28.7 Å². The van der Waals surface area contributed by atoms with Crippen LogP contribution in [0.5, 0.6) is 0 Å². The van der Waals surface area contributed by atoms with Crippen LogP contribution in [-0.2, 0) is 19.6 Å². The maximum absolute atomic E-state index is 5.12. The first-order valence-electron chi connectivity index (χ1n) is 16.4. The zero-order valence-corrected chi connectivity index (χ0v) is 26.2. The smallest absolute Gasteiger partial charge is 0.141 e. The average Bonchev–Trinajstić information content (AvgIpc) is 3.81. The summed E-state index contributed by atoms with van der Waals surface area (Å²) in [6.45, 7) is 2.14. The van der Waals surface area contributed by atoms with Gasteiger partial charge < -0.3 is 13.7 Å². The summed E-state index contributed by atoms with van der Waals surface area (Å²) in [6.07, 6.45) is 0. The number of aromatic nitrogens is 6. The Morgan fingerprint density at radius 3 is 0.875 bits per heavy atom. The van der Waals surface area contributed by atoms with Crippen LogP contribution in [0.3, 0.4) is 0 Å². The normalized spacial score (nSPS) is 12.8. The summed E-state index contributed by atoms with van der Waals surface area (Å²) in [7, 11) is 0. The number of imidazole rings is 3. The van der Waals surface area contributed by atoms with Gasteiger partial charge in [0.15, 0.2) is 0 Å². The van der Waals surface area contributed by atoms with Crippen LogP contribution < -0.4 is 0 Å². The van der Waals surface area contributed by atoms with Crippen LogP contribution in [0.15, 0.2) is 146 Å². The molecule has 4 aliphatic heterocycles. The third-order valence-electron chi connectivity index (χ3n) is 9.62. The van der Waals surface area contributed by atoms with E-state index in [4.69, 9.17) is 15.0 Å². The Morgan fingerprint density at radius 1 is 0.312 bits per heavy atom. The van der Waals surface area contributed by atoms with Crippen LogP contribution in [0, 0.1) is 0 Å². The molecule has 9 aromatic rings. The highest BCUT2D eigenvalue weighted by atomic mass is 15.1. The molecule has 4 aliphatic rings. The van der Waals surface area contributed by atoms with Crippen LogP contribution in [0.4, 0.5) is 0 Å². The monoisotopic (exact) mass is 618 g/mol. The molecule has 0 saturated carbocycles. The van der Waals surface area contributed by atoms with Crippen molar-refractivity contribution in [2.45, 2.75) is 19.6 Å². The SMILES string of the molecule is c1ccc2c(c1)nc1n2Cc2ccc(cc2)-c2nc3ccccc3n2Cc2ccc(cc2)-c2nc3ccccc3n2Cc2ccc-1cc2. The minimum Gasteiger partial charge on any atom is -0.319 e. The summed E-state index contributed by atoms with van der Waals surface area (Å²) < 4.78 is 7.00. The Balaban J connectivity index is 1.18. The van der Waals surface area contributed by atoms with Gasteiger partial charge in [-0.1, -0.05) is 109 Å². The van der Waals surface area contributed by atoms with Gasteiger partial charge in [0.25, 0.3) is 0 Å². The van der Waals surface area contributed by atoms with Crippen LogP contribution in [0.1, 0.15) is 16.7 Å². The van der Waals surface area contributed by atoms with Crippen molar-refractivity contribution in [2.75, 3.05) is 0 Å². The van der Waals surface area contributed by atoms with Crippen molar-refractivity contribution >= 4 is 33.1 Å². The van der Waals surface area contributed by atoms with E-state index in [0.717, 1.165) is 67.3 Å². The Bertz CT molecular complexity index is 2330. The fourth-order valence-corrected chi connectivity index (χ4v) is 7.19. The maximum Gasteiger partial charge on any atom is 0.141 e. The molecule has 3 aromatic heterocycles. The molecule has 0 N–H and O–H groups in total. The lowest BCUT2D eigenvalue weighted by atomic mass is 10.1. The summed E-state index contributed by atoms with van der Waals surface area (Å²) in [5.74, 6) is 2.90. The Morgan fingerprint density at radius 2 is 0.583 bits per heavy atom. The molecule has 0 fully saturated rings. The fourth-order valence-electron chi connectivity index (χ4n) is 7.19. The lowest BCUT2D eigenvalue weighted by molar-refractivity contribution is 0.829. The quantitative estimate of drug-likeness (QED) is 0.170. The lowest BCUT2D eigenvalue weighted by Gasteiger charge is -2.12. The van der Waals surface area contributed by atoms with Crippen LogP contribution >= 0.6 is 0 Å². The van der Waals surface area contributed by atoms with E-state index in [1.165, 1.54) is 16.7 Å². The molecular weight excluding hydrogens is 589 g/mol.